The van der Waals surface area contributed by atoms with E-state index >= 15 is 0 Å². The van der Waals surface area contributed by atoms with Gasteiger partial charge in [-0.1, -0.05) is 183 Å². The standard InChI is InChI=1S/C55H92O6/c1-4-7-10-13-16-19-22-25-27-29-30-33-36-39-42-45-48-54(57)60-51-52(50-59-53(56)47-44-41-38-35-32-24-21-18-15-12-9-6-3)61-55(58)49-46-43-40-37-34-31-28-26-23-20-17-14-11-8-5-2/h7,9-10,12,16,18-21,23,25,27,32,35,52H,4-6,8,11,13-15,17,22,24,26,28-31,33-34,36-51H2,1-3H3/b10-7-,12-9-,19-16-,21-18-,23-20-,27-25-,35-32-. The van der Waals surface area contributed by atoms with E-state index in [1.165, 1.54) is 83.5 Å². The van der Waals surface area contributed by atoms with Crippen LogP contribution in [0.15, 0.2) is 85.1 Å². The topological polar surface area (TPSA) is 78.9 Å². The van der Waals surface area contributed by atoms with Crippen molar-refractivity contribution in [2.24, 2.45) is 0 Å². The van der Waals surface area contributed by atoms with E-state index in [1.807, 2.05) is 0 Å². The maximum absolute atomic E-state index is 12.8. The molecular weight excluding hydrogens is 757 g/mol. The lowest BCUT2D eigenvalue weighted by molar-refractivity contribution is -0.167. The van der Waals surface area contributed by atoms with Gasteiger partial charge in [0.25, 0.3) is 0 Å². The molecule has 0 bridgehead atoms. The number of esters is 3. The number of hydrogen-bond acceptors (Lipinski definition) is 6. The third kappa shape index (κ3) is 47.5. The van der Waals surface area contributed by atoms with Crippen molar-refractivity contribution in [2.45, 2.75) is 232 Å². The molecule has 348 valence electrons. The molecular formula is C55H92O6. The molecule has 61 heavy (non-hydrogen) atoms. The molecule has 0 aromatic carbocycles. The van der Waals surface area contributed by atoms with E-state index in [-0.39, 0.29) is 31.1 Å². The first-order chi connectivity index (χ1) is 30.0. The minimum Gasteiger partial charge on any atom is -0.462 e. The number of rotatable bonds is 44. The molecule has 6 heteroatoms. The Morgan fingerprint density at radius 1 is 0.344 bits per heavy atom. The Kier molecular flexibility index (Phi) is 46.5. The van der Waals surface area contributed by atoms with Crippen LogP contribution in [0.5, 0.6) is 0 Å². The molecule has 0 aromatic rings. The van der Waals surface area contributed by atoms with Crippen LogP contribution in [-0.2, 0) is 28.6 Å². The van der Waals surface area contributed by atoms with E-state index in [4.69, 9.17) is 14.2 Å². The highest BCUT2D eigenvalue weighted by Crippen LogP contribution is 2.14. The van der Waals surface area contributed by atoms with E-state index in [1.54, 1.807) is 0 Å². The smallest absolute Gasteiger partial charge is 0.306 e. The van der Waals surface area contributed by atoms with Gasteiger partial charge in [-0.15, -0.1) is 0 Å². The summed E-state index contributed by atoms with van der Waals surface area (Å²) >= 11 is 0. The van der Waals surface area contributed by atoms with Gasteiger partial charge in [-0.05, 0) is 109 Å². The first kappa shape index (κ1) is 57.6. The van der Waals surface area contributed by atoms with Gasteiger partial charge in [0.05, 0.1) is 0 Å². The van der Waals surface area contributed by atoms with Crippen LogP contribution in [0, 0.1) is 0 Å². The molecule has 0 spiro atoms. The van der Waals surface area contributed by atoms with Gasteiger partial charge >= 0.3 is 17.9 Å². The van der Waals surface area contributed by atoms with Crippen molar-refractivity contribution in [3.05, 3.63) is 85.1 Å². The molecule has 0 rings (SSSR count). The molecule has 0 saturated heterocycles. The first-order valence-corrected chi connectivity index (χ1v) is 25.1. The fraction of sp³-hybridized carbons (Fsp3) is 0.691. The van der Waals surface area contributed by atoms with E-state index in [0.717, 1.165) is 103 Å². The average Bonchev–Trinajstić information content (AvgIpc) is 3.26. The van der Waals surface area contributed by atoms with Gasteiger partial charge in [0.2, 0.25) is 0 Å². The van der Waals surface area contributed by atoms with Crippen molar-refractivity contribution >= 4 is 17.9 Å². The number of unbranched alkanes of at least 4 members (excludes halogenated alkanes) is 19. The van der Waals surface area contributed by atoms with Crippen molar-refractivity contribution in [1.29, 1.82) is 0 Å². The summed E-state index contributed by atoms with van der Waals surface area (Å²) in [5, 5.41) is 0. The molecule has 0 aliphatic heterocycles. The molecule has 1 unspecified atom stereocenters. The second-order valence-corrected chi connectivity index (χ2v) is 16.3. The molecule has 0 aromatic heterocycles. The summed E-state index contributed by atoms with van der Waals surface area (Å²) in [4.78, 5) is 37.9. The highest BCUT2D eigenvalue weighted by atomic mass is 16.6. The number of carbonyl (C=O) groups excluding carboxylic acids is 3. The average molecular weight is 849 g/mol. The molecule has 0 aliphatic rings. The second-order valence-electron chi connectivity index (χ2n) is 16.3. The van der Waals surface area contributed by atoms with E-state index in [9.17, 15) is 14.4 Å². The summed E-state index contributed by atoms with van der Waals surface area (Å²) in [6.45, 7) is 6.34. The second kappa shape index (κ2) is 49.2. The molecule has 0 heterocycles. The Morgan fingerprint density at radius 2 is 0.639 bits per heavy atom. The van der Waals surface area contributed by atoms with E-state index < -0.39 is 6.10 Å². The maximum Gasteiger partial charge on any atom is 0.306 e. The Morgan fingerprint density at radius 3 is 1.05 bits per heavy atom. The van der Waals surface area contributed by atoms with E-state index in [2.05, 4.69) is 106 Å². The summed E-state index contributed by atoms with van der Waals surface area (Å²) in [7, 11) is 0. The number of hydrogen-bond donors (Lipinski definition) is 0. The highest BCUT2D eigenvalue weighted by molar-refractivity contribution is 5.71. The van der Waals surface area contributed by atoms with Gasteiger partial charge in [-0.25, -0.2) is 0 Å². The predicted octanol–water partition coefficient (Wildman–Crippen LogP) is 16.4. The van der Waals surface area contributed by atoms with Crippen LogP contribution in [-0.4, -0.2) is 37.2 Å². The monoisotopic (exact) mass is 849 g/mol. The van der Waals surface area contributed by atoms with Crippen molar-refractivity contribution in [3.8, 4) is 0 Å². The molecule has 0 radical (unpaired) electrons. The lowest BCUT2D eigenvalue weighted by Gasteiger charge is -2.18. The van der Waals surface area contributed by atoms with Crippen LogP contribution < -0.4 is 0 Å². The predicted molar refractivity (Wildman–Crippen MR) is 261 cm³/mol. The van der Waals surface area contributed by atoms with Gasteiger partial charge in [-0.2, -0.15) is 0 Å². The number of carbonyl (C=O) groups is 3. The minimum absolute atomic E-state index is 0.0980. The summed E-state index contributed by atoms with van der Waals surface area (Å²) in [6, 6.07) is 0. The summed E-state index contributed by atoms with van der Waals surface area (Å²) in [6.07, 6.45) is 62.8. The minimum atomic E-state index is -0.799. The van der Waals surface area contributed by atoms with Crippen LogP contribution >= 0.6 is 0 Å². The van der Waals surface area contributed by atoms with Gasteiger partial charge in [0.15, 0.2) is 6.10 Å². The van der Waals surface area contributed by atoms with Crippen LogP contribution in [0.1, 0.15) is 226 Å². The van der Waals surface area contributed by atoms with Crippen molar-refractivity contribution < 1.29 is 28.6 Å². The van der Waals surface area contributed by atoms with Crippen molar-refractivity contribution in [3.63, 3.8) is 0 Å². The van der Waals surface area contributed by atoms with E-state index in [0.29, 0.717) is 19.3 Å². The molecule has 0 saturated carbocycles. The van der Waals surface area contributed by atoms with Gasteiger partial charge in [-0.3, -0.25) is 14.4 Å². The molecule has 1 atom stereocenters. The summed E-state index contributed by atoms with van der Waals surface area (Å²) in [5.74, 6) is -0.958. The van der Waals surface area contributed by atoms with Crippen molar-refractivity contribution in [1.82, 2.24) is 0 Å². The zero-order valence-electron chi connectivity index (χ0n) is 39.7. The summed E-state index contributed by atoms with van der Waals surface area (Å²) in [5.41, 5.74) is 0. The van der Waals surface area contributed by atoms with Gasteiger partial charge < -0.3 is 14.2 Å². The van der Waals surface area contributed by atoms with Crippen LogP contribution in [0.3, 0.4) is 0 Å². The number of ether oxygens (including phenoxy) is 3. The van der Waals surface area contributed by atoms with Crippen LogP contribution in [0.2, 0.25) is 0 Å². The fourth-order valence-electron chi connectivity index (χ4n) is 6.64. The Balaban J connectivity index is 4.45. The Hall–Kier alpha value is -3.41. The Labute approximate surface area is 375 Å². The van der Waals surface area contributed by atoms with Crippen LogP contribution in [0.4, 0.5) is 0 Å². The quantitative estimate of drug-likeness (QED) is 0.0263. The molecule has 0 amide bonds. The third-order valence-corrected chi connectivity index (χ3v) is 10.4. The molecule has 0 N–H and O–H groups in total. The largest absolute Gasteiger partial charge is 0.462 e. The first-order valence-electron chi connectivity index (χ1n) is 25.1. The SMILES string of the molecule is CC/C=C\C/C=C\C/C=C\CCCCCCCCC(=O)OCC(COC(=O)CCCC/C=C\C/C=C\C/C=C\CC)OC(=O)CCCCCCCCC/C=C\CCCCCC. The maximum atomic E-state index is 12.8. The molecule has 0 aliphatic carbocycles. The highest BCUT2D eigenvalue weighted by Gasteiger charge is 2.19. The number of allylic oxidation sites excluding steroid dienone is 14. The zero-order valence-corrected chi connectivity index (χ0v) is 39.7. The van der Waals surface area contributed by atoms with Crippen LogP contribution in [0.25, 0.3) is 0 Å². The van der Waals surface area contributed by atoms with Gasteiger partial charge in [0, 0.05) is 19.3 Å². The third-order valence-electron chi connectivity index (χ3n) is 10.4. The molecule has 6 nitrogen and oxygen atoms in total. The Bertz CT molecular complexity index is 1200. The lowest BCUT2D eigenvalue weighted by atomic mass is 10.1. The normalized spacial score (nSPS) is 12.8. The van der Waals surface area contributed by atoms with Crippen molar-refractivity contribution in [2.75, 3.05) is 13.2 Å². The lowest BCUT2D eigenvalue weighted by Crippen LogP contribution is -2.30. The van der Waals surface area contributed by atoms with Gasteiger partial charge in [0.1, 0.15) is 13.2 Å². The fourth-order valence-corrected chi connectivity index (χ4v) is 6.64. The zero-order chi connectivity index (χ0) is 44.4. The summed E-state index contributed by atoms with van der Waals surface area (Å²) < 4.78 is 16.7. The molecule has 0 fully saturated rings.